The third-order valence-electron chi connectivity index (χ3n) is 5.79. The molecular weight excluding hydrogens is 473 g/mol. The molecule has 0 aliphatic carbocycles. The molecule has 1 fully saturated rings. The number of aromatic nitrogens is 2. The highest BCUT2D eigenvalue weighted by atomic mass is 35.5. The van der Waals surface area contributed by atoms with Gasteiger partial charge in [-0.3, -0.25) is 9.69 Å². The number of nitrogens with zero attached hydrogens (tertiary/aromatic N) is 3. The normalized spacial score (nSPS) is 16.2. The summed E-state index contributed by atoms with van der Waals surface area (Å²) >= 11 is 5.92. The number of hydrogen-bond acceptors (Lipinski definition) is 7. The number of carbonyl (C=O) groups excluding carboxylic acids is 1. The summed E-state index contributed by atoms with van der Waals surface area (Å²) in [6.45, 7) is 1.68. The number of amides is 1. The Hall–Kier alpha value is -3.27. The molecule has 10 heteroatoms. The van der Waals surface area contributed by atoms with Crippen LogP contribution in [-0.2, 0) is 9.53 Å². The standard InChI is InChI=1S/C25H27ClFN5O3/c1-32-10-4-5-16(32)8-9-23(33)30-21-13-17-20(14-22(21)35-12-11-34-2)28-15-29-25(17)31-19-7-3-6-18(26)24(19)27/h3,6-9,13-16H,4-5,10-12H2,1-2H3,(H,30,33)(H,28,29,31). The molecule has 0 radical (unpaired) electrons. The van der Waals surface area contributed by atoms with Gasteiger partial charge in [0.1, 0.15) is 24.5 Å². The van der Waals surface area contributed by atoms with Gasteiger partial charge in [-0.05, 0) is 44.6 Å². The molecular formula is C25H27ClFN5O3. The highest BCUT2D eigenvalue weighted by Crippen LogP contribution is 2.34. The maximum absolute atomic E-state index is 14.5. The molecule has 35 heavy (non-hydrogen) atoms. The van der Waals surface area contributed by atoms with Crippen LogP contribution in [0.1, 0.15) is 12.8 Å². The van der Waals surface area contributed by atoms with Crippen LogP contribution in [0.5, 0.6) is 5.75 Å². The van der Waals surface area contributed by atoms with Crippen molar-refractivity contribution in [2.45, 2.75) is 18.9 Å². The molecule has 4 rings (SSSR count). The topological polar surface area (TPSA) is 88.6 Å². The van der Waals surface area contributed by atoms with E-state index in [9.17, 15) is 9.18 Å². The maximum Gasteiger partial charge on any atom is 0.248 e. The Morgan fingerprint density at radius 2 is 2.14 bits per heavy atom. The maximum atomic E-state index is 14.5. The largest absolute Gasteiger partial charge is 0.489 e. The number of fused-ring (bicyclic) bond motifs is 1. The van der Waals surface area contributed by atoms with Gasteiger partial charge >= 0.3 is 0 Å². The van der Waals surface area contributed by atoms with Crippen LogP contribution in [-0.4, -0.2) is 60.7 Å². The number of hydrogen-bond donors (Lipinski definition) is 2. The molecule has 3 aromatic rings. The van der Waals surface area contributed by atoms with E-state index in [4.69, 9.17) is 21.1 Å². The van der Waals surface area contributed by atoms with Crippen LogP contribution in [0.3, 0.4) is 0 Å². The number of nitrogens with one attached hydrogen (secondary N) is 2. The van der Waals surface area contributed by atoms with Crippen LogP contribution >= 0.6 is 11.6 Å². The second kappa shape index (κ2) is 11.4. The van der Waals surface area contributed by atoms with E-state index in [1.54, 1.807) is 31.4 Å². The van der Waals surface area contributed by atoms with Crippen LogP contribution < -0.4 is 15.4 Å². The Labute approximate surface area is 208 Å². The van der Waals surface area contributed by atoms with Crippen molar-refractivity contribution < 1.29 is 18.7 Å². The molecule has 1 aliphatic rings. The van der Waals surface area contributed by atoms with E-state index in [1.165, 1.54) is 18.5 Å². The smallest absolute Gasteiger partial charge is 0.248 e. The lowest BCUT2D eigenvalue weighted by Gasteiger charge is -2.16. The van der Waals surface area contributed by atoms with Crippen molar-refractivity contribution in [3.8, 4) is 5.75 Å². The van der Waals surface area contributed by atoms with Crippen LogP contribution in [0, 0.1) is 5.82 Å². The summed E-state index contributed by atoms with van der Waals surface area (Å²) in [4.78, 5) is 23.5. The van der Waals surface area contributed by atoms with Crippen molar-refractivity contribution in [2.75, 3.05) is 44.5 Å². The van der Waals surface area contributed by atoms with Gasteiger partial charge in [0, 0.05) is 30.7 Å². The van der Waals surface area contributed by atoms with E-state index in [0.717, 1.165) is 19.4 Å². The third kappa shape index (κ3) is 6.05. The molecule has 2 heterocycles. The molecule has 8 nitrogen and oxygen atoms in total. The molecule has 0 saturated carbocycles. The van der Waals surface area contributed by atoms with Crippen LogP contribution in [0.4, 0.5) is 21.6 Å². The monoisotopic (exact) mass is 499 g/mol. The zero-order chi connectivity index (χ0) is 24.8. The molecule has 1 unspecified atom stereocenters. The minimum absolute atomic E-state index is 0.00478. The Bertz CT molecular complexity index is 1240. The van der Waals surface area contributed by atoms with E-state index in [1.807, 2.05) is 13.1 Å². The Balaban J connectivity index is 1.65. The molecule has 1 aromatic heterocycles. The molecule has 2 N–H and O–H groups in total. The Morgan fingerprint density at radius 3 is 2.91 bits per heavy atom. The van der Waals surface area contributed by atoms with Gasteiger partial charge in [-0.15, -0.1) is 0 Å². The SMILES string of the molecule is COCCOc1cc2ncnc(Nc3cccc(Cl)c3F)c2cc1NC(=O)C=CC1CCCN1C. The van der Waals surface area contributed by atoms with E-state index in [2.05, 4.69) is 25.5 Å². The van der Waals surface area contributed by atoms with Crippen molar-refractivity contribution in [1.29, 1.82) is 0 Å². The quantitative estimate of drug-likeness (QED) is 0.323. The third-order valence-corrected chi connectivity index (χ3v) is 6.08. The van der Waals surface area contributed by atoms with Gasteiger partial charge in [0.2, 0.25) is 5.91 Å². The van der Waals surface area contributed by atoms with Crippen molar-refractivity contribution in [3.05, 3.63) is 59.7 Å². The fraction of sp³-hybridized carbons (Fsp3) is 0.320. The molecule has 1 aliphatic heterocycles. The Kier molecular flexibility index (Phi) is 8.12. The number of halogens is 2. The number of methoxy groups -OCH3 is 1. The molecule has 184 valence electrons. The number of carbonyl (C=O) groups is 1. The number of benzene rings is 2. The second-order valence-corrected chi connectivity index (χ2v) is 8.60. The molecule has 1 saturated heterocycles. The predicted molar refractivity (Wildman–Crippen MR) is 135 cm³/mol. The van der Waals surface area contributed by atoms with E-state index in [0.29, 0.717) is 34.8 Å². The number of anilines is 3. The van der Waals surface area contributed by atoms with Gasteiger partial charge < -0.3 is 20.1 Å². The van der Waals surface area contributed by atoms with Gasteiger partial charge in [0.15, 0.2) is 5.82 Å². The summed E-state index contributed by atoms with van der Waals surface area (Å²) in [5.41, 5.74) is 1.16. The first-order chi connectivity index (χ1) is 17.0. The molecule has 2 aromatic carbocycles. The average molecular weight is 500 g/mol. The summed E-state index contributed by atoms with van der Waals surface area (Å²) in [7, 11) is 3.62. The first-order valence-electron chi connectivity index (χ1n) is 11.3. The number of likely N-dealkylation sites (N-methyl/N-ethyl adjacent to an activating group) is 1. The highest BCUT2D eigenvalue weighted by molar-refractivity contribution is 6.31. The van der Waals surface area contributed by atoms with Crippen molar-refractivity contribution in [3.63, 3.8) is 0 Å². The molecule has 1 atom stereocenters. The summed E-state index contributed by atoms with van der Waals surface area (Å²) < 4.78 is 25.4. The highest BCUT2D eigenvalue weighted by Gasteiger charge is 2.19. The van der Waals surface area contributed by atoms with Crippen molar-refractivity contribution >= 4 is 45.6 Å². The predicted octanol–water partition coefficient (Wildman–Crippen LogP) is 4.78. The first-order valence-corrected chi connectivity index (χ1v) is 11.6. The van der Waals surface area contributed by atoms with Gasteiger partial charge in [0.05, 0.1) is 28.5 Å². The van der Waals surface area contributed by atoms with E-state index < -0.39 is 5.82 Å². The van der Waals surface area contributed by atoms with Crippen molar-refractivity contribution in [1.82, 2.24) is 14.9 Å². The fourth-order valence-electron chi connectivity index (χ4n) is 3.92. The summed E-state index contributed by atoms with van der Waals surface area (Å²) in [6.07, 6.45) is 6.95. The molecule has 1 amide bonds. The first kappa shape index (κ1) is 24.8. The number of ether oxygens (including phenoxy) is 2. The zero-order valence-electron chi connectivity index (χ0n) is 19.6. The van der Waals surface area contributed by atoms with Crippen LogP contribution in [0.15, 0.2) is 48.8 Å². The average Bonchev–Trinajstić information content (AvgIpc) is 3.26. The summed E-state index contributed by atoms with van der Waals surface area (Å²) in [5.74, 6) is -0.0735. The van der Waals surface area contributed by atoms with Gasteiger partial charge in [-0.2, -0.15) is 0 Å². The van der Waals surface area contributed by atoms with Gasteiger partial charge in [-0.25, -0.2) is 14.4 Å². The van der Waals surface area contributed by atoms with E-state index in [-0.39, 0.29) is 29.3 Å². The molecule has 0 spiro atoms. The van der Waals surface area contributed by atoms with Crippen molar-refractivity contribution in [2.24, 2.45) is 0 Å². The van der Waals surface area contributed by atoms with Crippen LogP contribution in [0.2, 0.25) is 5.02 Å². The summed E-state index contributed by atoms with van der Waals surface area (Å²) in [6, 6.07) is 8.32. The van der Waals surface area contributed by atoms with E-state index >= 15 is 0 Å². The lowest BCUT2D eigenvalue weighted by Crippen LogP contribution is -2.23. The summed E-state index contributed by atoms with van der Waals surface area (Å²) in [5, 5.41) is 6.43. The van der Waals surface area contributed by atoms with Crippen LogP contribution in [0.25, 0.3) is 10.9 Å². The lowest BCUT2D eigenvalue weighted by molar-refractivity contribution is -0.112. The number of likely N-dealkylation sites (tertiary alicyclic amines) is 1. The fourth-order valence-corrected chi connectivity index (χ4v) is 4.09. The zero-order valence-corrected chi connectivity index (χ0v) is 20.3. The lowest BCUT2D eigenvalue weighted by atomic mass is 10.1. The Morgan fingerprint density at radius 1 is 1.29 bits per heavy atom. The minimum atomic E-state index is -0.587. The number of rotatable bonds is 9. The van der Waals surface area contributed by atoms with Gasteiger partial charge in [0.25, 0.3) is 0 Å². The van der Waals surface area contributed by atoms with Gasteiger partial charge in [-0.1, -0.05) is 23.7 Å². The second-order valence-electron chi connectivity index (χ2n) is 8.19. The molecule has 0 bridgehead atoms. The minimum Gasteiger partial charge on any atom is -0.489 e.